The van der Waals surface area contributed by atoms with Crippen LogP contribution in [-0.4, -0.2) is 54.3 Å². The molecule has 0 amide bonds. The van der Waals surface area contributed by atoms with Crippen LogP contribution in [0.15, 0.2) is 70.7 Å². The number of carboxylic acid groups (broad SMARTS) is 1. The van der Waals surface area contributed by atoms with Gasteiger partial charge in [0.05, 0.1) is 11.2 Å². The van der Waals surface area contributed by atoms with Crippen LogP contribution in [0.25, 0.3) is 10.9 Å². The summed E-state index contributed by atoms with van der Waals surface area (Å²) in [7, 11) is 5.54. The van der Waals surface area contributed by atoms with Gasteiger partial charge in [0.15, 0.2) is 0 Å². The van der Waals surface area contributed by atoms with Gasteiger partial charge in [-0.1, -0.05) is 36.5 Å². The molecule has 194 valence electrons. The molecule has 0 unspecified atom stereocenters. The number of carboxylic acids is 1. The molecule has 1 aromatic carbocycles. The Morgan fingerprint density at radius 3 is 2.53 bits per heavy atom. The number of rotatable bonds is 7. The normalized spacial score (nSPS) is 15.3. The Balaban J connectivity index is 0.000000319. The van der Waals surface area contributed by atoms with E-state index in [1.807, 2.05) is 37.7 Å². The monoisotopic (exact) mass is 495 g/mol. The lowest BCUT2D eigenvalue weighted by atomic mass is 9.94. The van der Waals surface area contributed by atoms with Gasteiger partial charge in [-0.15, -0.1) is 0 Å². The molecule has 0 fully saturated rings. The summed E-state index contributed by atoms with van der Waals surface area (Å²) in [5.41, 5.74) is 3.77. The van der Waals surface area contributed by atoms with Crippen molar-refractivity contribution in [3.8, 4) is 0 Å². The minimum absolute atomic E-state index is 0.0716. The first-order valence-corrected chi connectivity index (χ1v) is 12.1. The van der Waals surface area contributed by atoms with Crippen molar-refractivity contribution >= 4 is 22.6 Å². The van der Waals surface area contributed by atoms with E-state index >= 15 is 0 Å². The highest BCUT2D eigenvalue weighted by atomic mass is 19.1. The fourth-order valence-corrected chi connectivity index (χ4v) is 4.07. The summed E-state index contributed by atoms with van der Waals surface area (Å²) >= 11 is 0. The number of allylic oxidation sites excluding steroid dienone is 7. The third-order valence-electron chi connectivity index (χ3n) is 6.03. The van der Waals surface area contributed by atoms with Crippen molar-refractivity contribution < 1.29 is 14.3 Å². The molecule has 0 bridgehead atoms. The molecule has 1 N–H and O–H groups in total. The van der Waals surface area contributed by atoms with Gasteiger partial charge in [-0.2, -0.15) is 0 Å². The lowest BCUT2D eigenvalue weighted by Gasteiger charge is -2.26. The van der Waals surface area contributed by atoms with Crippen molar-refractivity contribution in [3.63, 3.8) is 0 Å². The van der Waals surface area contributed by atoms with E-state index in [1.165, 1.54) is 30.2 Å². The highest BCUT2D eigenvalue weighted by molar-refractivity contribution is 5.93. The molecule has 1 aromatic heterocycles. The van der Waals surface area contributed by atoms with Crippen LogP contribution in [0, 0.1) is 5.82 Å². The second-order valence-corrected chi connectivity index (χ2v) is 9.19. The molecular formula is C29H38FN3O3. The first kappa shape index (κ1) is 28.8. The van der Waals surface area contributed by atoms with Gasteiger partial charge < -0.3 is 19.5 Å². The van der Waals surface area contributed by atoms with Crippen LogP contribution in [0.4, 0.5) is 10.1 Å². The van der Waals surface area contributed by atoms with Gasteiger partial charge in [0.2, 0.25) is 5.43 Å². The summed E-state index contributed by atoms with van der Waals surface area (Å²) in [5.74, 6) is -1.84. The van der Waals surface area contributed by atoms with E-state index in [-0.39, 0.29) is 10.9 Å². The van der Waals surface area contributed by atoms with Crippen molar-refractivity contribution in [2.24, 2.45) is 7.05 Å². The van der Waals surface area contributed by atoms with Crippen molar-refractivity contribution in [3.05, 3.63) is 87.5 Å². The minimum Gasteiger partial charge on any atom is -0.477 e. The van der Waals surface area contributed by atoms with Gasteiger partial charge in [-0.3, -0.25) is 4.79 Å². The number of aromatic nitrogens is 1. The highest BCUT2D eigenvalue weighted by Crippen LogP contribution is 2.25. The topological polar surface area (TPSA) is 65.8 Å². The molecule has 1 aliphatic carbocycles. The third kappa shape index (κ3) is 7.28. The SMILES string of the molecule is C=C(C)/C=C1/C=CCC/C1=C/C.CCN(CCN(C)C)c1cc2c(cc1F)c(=O)c(C(=O)O)cn2C. The summed E-state index contributed by atoms with van der Waals surface area (Å²) < 4.78 is 16.1. The Morgan fingerprint density at radius 1 is 1.28 bits per heavy atom. The molecule has 3 rings (SSSR count). The maximum atomic E-state index is 14.6. The fourth-order valence-electron chi connectivity index (χ4n) is 4.07. The average Bonchev–Trinajstić information content (AvgIpc) is 2.82. The largest absolute Gasteiger partial charge is 0.477 e. The van der Waals surface area contributed by atoms with Crippen LogP contribution < -0.4 is 10.3 Å². The van der Waals surface area contributed by atoms with Crippen LogP contribution in [0.5, 0.6) is 0 Å². The van der Waals surface area contributed by atoms with Gasteiger partial charge >= 0.3 is 5.97 Å². The first-order chi connectivity index (χ1) is 17.0. The van der Waals surface area contributed by atoms with Gasteiger partial charge in [0.25, 0.3) is 0 Å². The Labute approximate surface area is 213 Å². The maximum Gasteiger partial charge on any atom is 0.341 e. The first-order valence-electron chi connectivity index (χ1n) is 12.1. The zero-order chi connectivity index (χ0) is 27.0. The molecule has 6 nitrogen and oxygen atoms in total. The van der Waals surface area contributed by atoms with Crippen molar-refractivity contribution in [2.45, 2.75) is 33.6 Å². The van der Waals surface area contributed by atoms with E-state index in [4.69, 9.17) is 5.11 Å². The summed E-state index contributed by atoms with van der Waals surface area (Å²) in [6.07, 6.45) is 12.4. The zero-order valence-electron chi connectivity index (χ0n) is 22.3. The van der Waals surface area contributed by atoms with Crippen LogP contribution in [0.3, 0.4) is 0 Å². The number of hydrogen-bond acceptors (Lipinski definition) is 4. The maximum absolute atomic E-state index is 14.6. The zero-order valence-corrected chi connectivity index (χ0v) is 22.3. The van der Waals surface area contributed by atoms with E-state index in [9.17, 15) is 14.0 Å². The van der Waals surface area contributed by atoms with Crippen LogP contribution in [-0.2, 0) is 7.05 Å². The predicted molar refractivity (Wildman–Crippen MR) is 148 cm³/mol. The molecule has 1 heterocycles. The van der Waals surface area contributed by atoms with E-state index in [0.717, 1.165) is 18.2 Å². The number of nitrogens with zero attached hydrogens (tertiary/aromatic N) is 3. The van der Waals surface area contributed by atoms with Crippen molar-refractivity contribution in [1.29, 1.82) is 0 Å². The summed E-state index contributed by atoms with van der Waals surface area (Å²) in [4.78, 5) is 27.3. The summed E-state index contributed by atoms with van der Waals surface area (Å²) in [5, 5.41) is 9.17. The predicted octanol–water partition coefficient (Wildman–Crippen LogP) is 5.55. The quantitative estimate of drug-likeness (QED) is 0.546. The molecule has 0 saturated carbocycles. The van der Waals surface area contributed by atoms with Gasteiger partial charge in [0, 0.05) is 38.3 Å². The minimum atomic E-state index is -1.32. The lowest BCUT2D eigenvalue weighted by Crippen LogP contribution is -2.32. The molecule has 0 spiro atoms. The van der Waals surface area contributed by atoms with Gasteiger partial charge in [0.1, 0.15) is 11.4 Å². The molecule has 2 aromatic rings. The van der Waals surface area contributed by atoms with Crippen LogP contribution in [0.2, 0.25) is 0 Å². The third-order valence-corrected chi connectivity index (χ3v) is 6.03. The molecular weight excluding hydrogens is 457 g/mol. The second kappa shape index (κ2) is 13.0. The summed E-state index contributed by atoms with van der Waals surface area (Å²) in [6, 6.07) is 2.74. The number of pyridine rings is 1. The molecule has 0 aliphatic heterocycles. The Hall–Kier alpha value is -3.45. The number of fused-ring (bicyclic) bond motifs is 1. The molecule has 0 radical (unpaired) electrons. The van der Waals surface area contributed by atoms with Crippen molar-refractivity contribution in [1.82, 2.24) is 9.47 Å². The number of aryl methyl sites for hydroxylation is 1. The van der Waals surface area contributed by atoms with E-state index in [2.05, 4.69) is 37.8 Å². The van der Waals surface area contributed by atoms with E-state index < -0.39 is 17.2 Å². The molecule has 0 saturated heterocycles. The number of hydrogen-bond donors (Lipinski definition) is 1. The molecule has 36 heavy (non-hydrogen) atoms. The second-order valence-electron chi connectivity index (χ2n) is 9.19. The Morgan fingerprint density at radius 2 is 1.97 bits per heavy atom. The number of carbonyl (C=O) groups is 1. The van der Waals surface area contributed by atoms with E-state index in [1.54, 1.807) is 17.7 Å². The molecule has 7 heteroatoms. The van der Waals surface area contributed by atoms with Gasteiger partial charge in [-0.25, -0.2) is 9.18 Å². The number of likely N-dealkylation sites (N-methyl/N-ethyl adjacent to an activating group) is 2. The number of halogens is 1. The lowest BCUT2D eigenvalue weighted by molar-refractivity contribution is 0.0695. The average molecular weight is 496 g/mol. The number of benzene rings is 1. The van der Waals surface area contributed by atoms with E-state index in [0.29, 0.717) is 24.3 Å². The fraction of sp³-hybridized carbons (Fsp3) is 0.379. The number of anilines is 1. The highest BCUT2D eigenvalue weighted by Gasteiger charge is 2.18. The van der Waals surface area contributed by atoms with Crippen LogP contribution in [0.1, 0.15) is 44.0 Å². The molecule has 0 atom stereocenters. The Kier molecular flexibility index (Phi) is 10.4. The van der Waals surface area contributed by atoms with Gasteiger partial charge in [-0.05, 0) is 71.0 Å². The van der Waals surface area contributed by atoms with Crippen molar-refractivity contribution in [2.75, 3.05) is 38.6 Å². The molecule has 1 aliphatic rings. The van der Waals surface area contributed by atoms with Crippen LogP contribution >= 0.6 is 0 Å². The summed E-state index contributed by atoms with van der Waals surface area (Å²) in [6.45, 7) is 12.0. The smallest absolute Gasteiger partial charge is 0.341 e. The standard InChI is InChI=1S/C17H22FN3O3.C12H16/c1-5-21(7-6-19(2)3)15-9-14-11(8-13(15)18)16(22)12(17(23)24)10-20(14)4;1-4-11-7-5-6-8-12(11)9-10(2)3/h8-10H,5-7H2,1-4H3,(H,23,24);4,6,8-9H,2,5,7H2,1,3H3/b;11-4-,12-9-. The Bertz CT molecular complexity index is 1270. The number of aromatic carboxylic acids is 1.